The van der Waals surface area contributed by atoms with E-state index in [2.05, 4.69) is 30.4 Å². The smallest absolute Gasteiger partial charge is 0.328 e. The minimum atomic E-state index is -0.891. The van der Waals surface area contributed by atoms with E-state index < -0.39 is 11.9 Å². The minimum absolute atomic E-state index is 0.315. The molecule has 0 saturated heterocycles. The molecule has 0 aliphatic rings. The third-order valence-electron chi connectivity index (χ3n) is 6.84. The van der Waals surface area contributed by atoms with Crippen LogP contribution < -0.4 is 0 Å². The molecule has 4 nitrogen and oxygen atoms in total. The van der Waals surface area contributed by atoms with Crippen LogP contribution in [0.2, 0.25) is 0 Å². The van der Waals surface area contributed by atoms with Gasteiger partial charge in [-0.25, -0.2) is 4.79 Å². The number of unbranched alkanes of at least 4 members (excludes halogenated alkanes) is 20. The Bertz CT molecular complexity index is 645. The molecule has 0 fully saturated rings. The van der Waals surface area contributed by atoms with Gasteiger partial charge in [-0.3, -0.25) is 4.79 Å². The summed E-state index contributed by atoms with van der Waals surface area (Å²) in [4.78, 5) is 20.8. The average molecular weight is 531 g/mol. The van der Waals surface area contributed by atoms with Crippen LogP contribution in [-0.2, 0) is 9.59 Å². The van der Waals surface area contributed by atoms with Crippen LogP contribution in [-0.4, -0.2) is 22.2 Å². The van der Waals surface area contributed by atoms with E-state index in [-0.39, 0.29) is 0 Å². The van der Waals surface area contributed by atoms with E-state index in [1.54, 1.807) is 6.08 Å². The second-order valence-corrected chi connectivity index (χ2v) is 10.5. The molecule has 4 heteroatoms. The lowest BCUT2D eigenvalue weighted by molar-refractivity contribution is -0.137. The van der Waals surface area contributed by atoms with Crippen molar-refractivity contribution < 1.29 is 19.8 Å². The summed E-state index contributed by atoms with van der Waals surface area (Å²) in [6.45, 7) is 0. The van der Waals surface area contributed by atoms with E-state index in [1.807, 2.05) is 6.08 Å². The van der Waals surface area contributed by atoms with Crippen LogP contribution in [0.15, 0.2) is 48.6 Å². The lowest BCUT2D eigenvalue weighted by Gasteiger charge is -2.03. The van der Waals surface area contributed by atoms with Crippen molar-refractivity contribution >= 4 is 11.9 Å². The third-order valence-corrected chi connectivity index (χ3v) is 6.84. The molecule has 0 rings (SSSR count). The van der Waals surface area contributed by atoms with Gasteiger partial charge in [-0.2, -0.15) is 0 Å². The van der Waals surface area contributed by atoms with E-state index in [0.29, 0.717) is 6.42 Å². The van der Waals surface area contributed by atoms with Crippen LogP contribution in [0.25, 0.3) is 0 Å². The number of allylic oxidation sites excluding steroid dienone is 7. The summed E-state index contributed by atoms with van der Waals surface area (Å²) < 4.78 is 0. The average Bonchev–Trinajstić information content (AvgIpc) is 2.89. The SMILES string of the molecule is O=C(O)C=CC=CCCCCCCCCCCCCCCCCC=CCC=CCCCCCCCC(=O)O. The zero-order chi connectivity index (χ0) is 27.8. The first-order chi connectivity index (χ1) is 18.6. The largest absolute Gasteiger partial charge is 0.481 e. The van der Waals surface area contributed by atoms with Gasteiger partial charge >= 0.3 is 11.9 Å². The van der Waals surface area contributed by atoms with Gasteiger partial charge in [0.15, 0.2) is 0 Å². The molecule has 0 aromatic carbocycles. The maximum Gasteiger partial charge on any atom is 0.328 e. The zero-order valence-electron chi connectivity index (χ0n) is 24.3. The van der Waals surface area contributed by atoms with Crippen LogP contribution in [0.5, 0.6) is 0 Å². The van der Waals surface area contributed by atoms with Crippen molar-refractivity contribution in [1.29, 1.82) is 0 Å². The molecule has 0 radical (unpaired) electrons. The Kier molecular flexibility index (Phi) is 29.4. The Labute approximate surface area is 234 Å². The second kappa shape index (κ2) is 31.1. The predicted molar refractivity (Wildman–Crippen MR) is 163 cm³/mol. The van der Waals surface area contributed by atoms with Gasteiger partial charge in [-0.1, -0.05) is 139 Å². The van der Waals surface area contributed by atoms with Crippen molar-refractivity contribution in [3.8, 4) is 0 Å². The highest BCUT2D eigenvalue weighted by atomic mass is 16.4. The molecule has 0 amide bonds. The maximum absolute atomic E-state index is 10.4. The highest BCUT2D eigenvalue weighted by Gasteiger charge is 1.96. The summed E-state index contributed by atoms with van der Waals surface area (Å²) in [7, 11) is 0. The topological polar surface area (TPSA) is 74.6 Å². The van der Waals surface area contributed by atoms with Gasteiger partial charge < -0.3 is 10.2 Å². The fraction of sp³-hybridized carbons (Fsp3) is 0.706. The molecule has 0 atom stereocenters. The minimum Gasteiger partial charge on any atom is -0.481 e. The highest BCUT2D eigenvalue weighted by molar-refractivity contribution is 5.80. The molecule has 38 heavy (non-hydrogen) atoms. The third kappa shape index (κ3) is 33.9. The maximum atomic E-state index is 10.4. The van der Waals surface area contributed by atoms with Crippen LogP contribution in [0, 0.1) is 0 Å². The Hall–Kier alpha value is -2.10. The number of carboxylic acid groups (broad SMARTS) is 2. The van der Waals surface area contributed by atoms with Gasteiger partial charge in [0.25, 0.3) is 0 Å². The number of hydrogen-bond acceptors (Lipinski definition) is 2. The van der Waals surface area contributed by atoms with Gasteiger partial charge in [0.1, 0.15) is 0 Å². The summed E-state index contributed by atoms with van der Waals surface area (Å²) >= 11 is 0. The fourth-order valence-electron chi connectivity index (χ4n) is 4.53. The predicted octanol–water partition coefficient (Wildman–Crippen LogP) is 10.7. The van der Waals surface area contributed by atoms with Crippen molar-refractivity contribution in [3.63, 3.8) is 0 Å². The quantitative estimate of drug-likeness (QED) is 0.0436. The first kappa shape index (κ1) is 35.9. The Morgan fingerprint density at radius 2 is 0.789 bits per heavy atom. The molecule has 0 unspecified atom stereocenters. The van der Waals surface area contributed by atoms with Crippen molar-refractivity contribution in [1.82, 2.24) is 0 Å². The number of aliphatic carboxylic acids is 2. The number of hydrogen-bond donors (Lipinski definition) is 2. The standard InChI is InChI=1S/C34H58O4/c35-33(36)31-29-27-25-23-21-19-17-15-13-11-9-7-5-3-1-2-4-6-8-10-12-14-16-18-20-22-24-26-28-30-32-34(37)38/h9,11,15,17,26,28,30,32H,1-8,10,12-14,16,18-25,27,29,31H2,(H,35,36)(H,37,38). The lowest BCUT2D eigenvalue weighted by atomic mass is 10.0. The van der Waals surface area contributed by atoms with E-state index in [0.717, 1.165) is 38.5 Å². The summed E-state index contributed by atoms with van der Waals surface area (Å²) in [5.74, 6) is -1.57. The van der Waals surface area contributed by atoms with Gasteiger partial charge in [0.05, 0.1) is 0 Å². The summed E-state index contributed by atoms with van der Waals surface area (Å²) in [6, 6.07) is 0. The molecule has 0 spiro atoms. The van der Waals surface area contributed by atoms with Gasteiger partial charge in [-0.05, 0) is 51.4 Å². The molecule has 0 aromatic rings. The molecule has 218 valence electrons. The molecule has 0 bridgehead atoms. The normalized spacial score (nSPS) is 12.1. The van der Waals surface area contributed by atoms with Gasteiger partial charge in [0, 0.05) is 12.5 Å². The number of rotatable bonds is 29. The monoisotopic (exact) mass is 530 g/mol. The van der Waals surface area contributed by atoms with Crippen molar-refractivity contribution in [2.75, 3.05) is 0 Å². The lowest BCUT2D eigenvalue weighted by Crippen LogP contribution is -1.93. The van der Waals surface area contributed by atoms with Crippen molar-refractivity contribution in [2.24, 2.45) is 0 Å². The second-order valence-electron chi connectivity index (χ2n) is 10.5. The van der Waals surface area contributed by atoms with E-state index in [1.165, 1.54) is 115 Å². The van der Waals surface area contributed by atoms with E-state index >= 15 is 0 Å². The van der Waals surface area contributed by atoms with E-state index in [9.17, 15) is 9.59 Å². The molecule has 0 aliphatic carbocycles. The number of carbonyl (C=O) groups is 2. The summed E-state index contributed by atoms with van der Waals surface area (Å²) in [6.07, 6.45) is 45.0. The van der Waals surface area contributed by atoms with E-state index in [4.69, 9.17) is 10.2 Å². The summed E-state index contributed by atoms with van der Waals surface area (Å²) in [5.41, 5.74) is 0. The van der Waals surface area contributed by atoms with Crippen LogP contribution in [0.4, 0.5) is 0 Å². The Balaban J connectivity index is 3.20. The highest BCUT2D eigenvalue weighted by Crippen LogP contribution is 2.14. The molecular weight excluding hydrogens is 472 g/mol. The molecule has 2 N–H and O–H groups in total. The molecular formula is C34H58O4. The fourth-order valence-corrected chi connectivity index (χ4v) is 4.53. The number of carboxylic acids is 2. The Morgan fingerprint density at radius 3 is 1.18 bits per heavy atom. The van der Waals surface area contributed by atoms with Crippen LogP contribution in [0.3, 0.4) is 0 Å². The van der Waals surface area contributed by atoms with Crippen LogP contribution >= 0.6 is 0 Å². The van der Waals surface area contributed by atoms with Crippen molar-refractivity contribution in [3.05, 3.63) is 48.6 Å². The van der Waals surface area contributed by atoms with Gasteiger partial charge in [0.2, 0.25) is 0 Å². The molecule has 0 saturated carbocycles. The van der Waals surface area contributed by atoms with Crippen LogP contribution in [0.1, 0.15) is 154 Å². The van der Waals surface area contributed by atoms with Crippen molar-refractivity contribution in [2.45, 2.75) is 154 Å². The molecule has 0 heterocycles. The molecule has 0 aromatic heterocycles. The first-order valence-electron chi connectivity index (χ1n) is 15.7. The zero-order valence-corrected chi connectivity index (χ0v) is 24.3. The molecule has 0 aliphatic heterocycles. The first-order valence-corrected chi connectivity index (χ1v) is 15.7. The Morgan fingerprint density at radius 1 is 0.421 bits per heavy atom. The van der Waals surface area contributed by atoms with Gasteiger partial charge in [-0.15, -0.1) is 0 Å². The summed E-state index contributed by atoms with van der Waals surface area (Å²) in [5, 5.41) is 17.1.